The number of hydrogen-bond donors (Lipinski definition) is 1. The third-order valence-corrected chi connectivity index (χ3v) is 4.58. The number of carbonyl (C=O) groups is 1. The van der Waals surface area contributed by atoms with Crippen LogP contribution in [0.1, 0.15) is 12.6 Å². The summed E-state index contributed by atoms with van der Waals surface area (Å²) in [7, 11) is 0. The van der Waals surface area contributed by atoms with Gasteiger partial charge in [-0.25, -0.2) is 9.37 Å². The Morgan fingerprint density at radius 3 is 2.68 bits per heavy atom. The van der Waals surface area contributed by atoms with E-state index in [1.54, 1.807) is 24.3 Å². The Bertz CT molecular complexity index is 1100. The maximum Gasteiger partial charge on any atom is 0.254 e. The third kappa shape index (κ3) is 4.58. The van der Waals surface area contributed by atoms with Crippen molar-refractivity contribution in [1.29, 1.82) is 0 Å². The van der Waals surface area contributed by atoms with Crippen LogP contribution in [0.25, 0.3) is 11.4 Å². The van der Waals surface area contributed by atoms with Crippen molar-refractivity contribution < 1.29 is 9.18 Å². The number of carbonyl (C=O) groups excluding carboxylic acids is 1. The van der Waals surface area contributed by atoms with Gasteiger partial charge in [0.05, 0.1) is 10.7 Å². The maximum absolute atomic E-state index is 13.4. The number of anilines is 1. The summed E-state index contributed by atoms with van der Waals surface area (Å²) in [5.74, 6) is -0.748. The van der Waals surface area contributed by atoms with Gasteiger partial charge < -0.3 is 5.32 Å². The molecule has 0 radical (unpaired) electrons. The minimum atomic E-state index is -0.538. The largest absolute Gasteiger partial charge is 0.323 e. The van der Waals surface area contributed by atoms with Crippen LogP contribution in [0.2, 0.25) is 10.0 Å². The van der Waals surface area contributed by atoms with Gasteiger partial charge in [0, 0.05) is 22.3 Å². The molecule has 3 aromatic rings. The fraction of sp³-hybridized carbons (Fsp3) is 0.150. The molecule has 3 rings (SSSR count). The smallest absolute Gasteiger partial charge is 0.254 e. The summed E-state index contributed by atoms with van der Waals surface area (Å²) in [6, 6.07) is 11.9. The maximum atomic E-state index is 13.4. The van der Waals surface area contributed by atoms with Crippen LogP contribution >= 0.6 is 23.2 Å². The number of hydrogen-bond acceptors (Lipinski definition) is 3. The van der Waals surface area contributed by atoms with E-state index in [9.17, 15) is 14.0 Å². The summed E-state index contributed by atoms with van der Waals surface area (Å²) in [4.78, 5) is 29.6. The lowest BCUT2D eigenvalue weighted by atomic mass is 10.2. The molecule has 0 bridgehead atoms. The Morgan fingerprint density at radius 2 is 1.96 bits per heavy atom. The van der Waals surface area contributed by atoms with Crippen molar-refractivity contribution in [3.63, 3.8) is 0 Å². The van der Waals surface area contributed by atoms with Gasteiger partial charge in [0.2, 0.25) is 5.91 Å². The Morgan fingerprint density at radius 1 is 1.18 bits per heavy atom. The topological polar surface area (TPSA) is 64.0 Å². The molecule has 0 fully saturated rings. The molecule has 8 heteroatoms. The van der Waals surface area contributed by atoms with Crippen molar-refractivity contribution in [1.82, 2.24) is 9.55 Å². The molecule has 0 aliphatic heterocycles. The molecule has 0 saturated heterocycles. The number of aryl methyl sites for hydroxylation is 1. The summed E-state index contributed by atoms with van der Waals surface area (Å²) in [5, 5.41) is 3.19. The molecule has 0 atom stereocenters. The van der Waals surface area contributed by atoms with Crippen LogP contribution in [0.4, 0.5) is 10.1 Å². The van der Waals surface area contributed by atoms with Gasteiger partial charge in [-0.2, -0.15) is 0 Å². The van der Waals surface area contributed by atoms with E-state index in [1.165, 1.54) is 22.8 Å². The van der Waals surface area contributed by atoms with E-state index in [4.69, 9.17) is 23.2 Å². The molecule has 2 aromatic carbocycles. The van der Waals surface area contributed by atoms with E-state index in [1.807, 2.05) is 6.92 Å². The molecule has 0 saturated carbocycles. The second kappa shape index (κ2) is 8.54. The highest BCUT2D eigenvalue weighted by atomic mass is 35.5. The lowest BCUT2D eigenvalue weighted by molar-refractivity contribution is -0.116. The fourth-order valence-electron chi connectivity index (χ4n) is 2.66. The van der Waals surface area contributed by atoms with Crippen LogP contribution in [0.5, 0.6) is 0 Å². The van der Waals surface area contributed by atoms with Gasteiger partial charge in [0.25, 0.3) is 5.56 Å². The summed E-state index contributed by atoms with van der Waals surface area (Å²) < 4.78 is 14.7. The number of aromatic nitrogens is 2. The first-order valence-electron chi connectivity index (χ1n) is 8.49. The van der Waals surface area contributed by atoms with Crippen molar-refractivity contribution in [3.05, 3.63) is 80.4 Å². The zero-order valence-corrected chi connectivity index (χ0v) is 16.4. The molecule has 1 aromatic heterocycles. The monoisotopic (exact) mass is 419 g/mol. The molecule has 0 aliphatic carbocycles. The van der Waals surface area contributed by atoms with E-state index in [0.717, 1.165) is 6.07 Å². The predicted molar refractivity (Wildman–Crippen MR) is 108 cm³/mol. The zero-order valence-electron chi connectivity index (χ0n) is 14.9. The molecule has 1 N–H and O–H groups in total. The molecule has 1 heterocycles. The molecule has 144 valence electrons. The van der Waals surface area contributed by atoms with Crippen LogP contribution in [0, 0.1) is 5.82 Å². The van der Waals surface area contributed by atoms with Crippen molar-refractivity contribution in [2.24, 2.45) is 0 Å². The normalized spacial score (nSPS) is 10.7. The minimum absolute atomic E-state index is 0.127. The highest BCUT2D eigenvalue weighted by Crippen LogP contribution is 2.23. The van der Waals surface area contributed by atoms with E-state index < -0.39 is 11.7 Å². The second-order valence-electron chi connectivity index (χ2n) is 6.03. The van der Waals surface area contributed by atoms with Crippen LogP contribution in [0.3, 0.4) is 0 Å². The van der Waals surface area contributed by atoms with Gasteiger partial charge in [0.1, 0.15) is 18.2 Å². The minimum Gasteiger partial charge on any atom is -0.323 e. The van der Waals surface area contributed by atoms with Crippen LogP contribution in [-0.4, -0.2) is 15.5 Å². The first-order chi connectivity index (χ1) is 13.4. The van der Waals surface area contributed by atoms with Gasteiger partial charge >= 0.3 is 0 Å². The van der Waals surface area contributed by atoms with Crippen molar-refractivity contribution in [2.75, 3.05) is 5.32 Å². The number of amides is 1. The van der Waals surface area contributed by atoms with Crippen LogP contribution < -0.4 is 10.9 Å². The fourth-order valence-corrected chi connectivity index (χ4v) is 3.02. The molecule has 0 unspecified atom stereocenters. The number of nitrogens with zero attached hydrogens (tertiary/aromatic N) is 2. The Kier molecular flexibility index (Phi) is 6.11. The van der Waals surface area contributed by atoms with Crippen molar-refractivity contribution in [3.8, 4) is 11.4 Å². The number of halogens is 3. The lowest BCUT2D eigenvalue weighted by Crippen LogP contribution is -2.30. The average Bonchev–Trinajstić information content (AvgIpc) is 2.66. The van der Waals surface area contributed by atoms with E-state index >= 15 is 0 Å². The van der Waals surface area contributed by atoms with E-state index in [-0.39, 0.29) is 22.8 Å². The molecular formula is C20H16Cl2FN3O2. The van der Waals surface area contributed by atoms with E-state index in [2.05, 4.69) is 10.3 Å². The first kappa shape index (κ1) is 20.0. The van der Waals surface area contributed by atoms with Gasteiger partial charge in [-0.3, -0.25) is 14.2 Å². The van der Waals surface area contributed by atoms with Gasteiger partial charge in [-0.15, -0.1) is 0 Å². The zero-order chi connectivity index (χ0) is 20.3. The number of rotatable bonds is 5. The molecule has 5 nitrogen and oxygen atoms in total. The average molecular weight is 420 g/mol. The highest BCUT2D eigenvalue weighted by Gasteiger charge is 2.15. The second-order valence-corrected chi connectivity index (χ2v) is 6.88. The summed E-state index contributed by atoms with van der Waals surface area (Å²) in [6.45, 7) is 1.57. The number of benzene rings is 2. The standard InChI is InChI=1S/C20H16Cl2FN3O2/c1-2-15-10-19(28)26(20(24-15)12-4-3-5-13(21)8-12)11-18(27)25-17-9-14(23)6-7-16(17)22/h3-10H,2,11H2,1H3,(H,25,27). The van der Waals surface area contributed by atoms with Crippen LogP contribution in [-0.2, 0) is 17.8 Å². The van der Waals surface area contributed by atoms with Gasteiger partial charge in [-0.1, -0.05) is 42.3 Å². The molecular weight excluding hydrogens is 404 g/mol. The molecule has 0 aliphatic rings. The van der Waals surface area contributed by atoms with Gasteiger partial charge in [-0.05, 0) is 36.8 Å². The van der Waals surface area contributed by atoms with Crippen LogP contribution in [0.15, 0.2) is 53.3 Å². The van der Waals surface area contributed by atoms with Gasteiger partial charge in [0.15, 0.2) is 0 Å². The first-order valence-corrected chi connectivity index (χ1v) is 9.24. The summed E-state index contributed by atoms with van der Waals surface area (Å²) >= 11 is 12.0. The van der Waals surface area contributed by atoms with Crippen molar-refractivity contribution >= 4 is 34.8 Å². The SMILES string of the molecule is CCc1cc(=O)n(CC(=O)Nc2cc(F)ccc2Cl)c(-c2cccc(Cl)c2)n1. The summed E-state index contributed by atoms with van der Waals surface area (Å²) in [5.41, 5.74) is 0.964. The predicted octanol–water partition coefficient (Wildman–Crippen LogP) is 4.56. The molecule has 28 heavy (non-hydrogen) atoms. The molecule has 1 amide bonds. The lowest BCUT2D eigenvalue weighted by Gasteiger charge is -2.14. The van der Waals surface area contributed by atoms with E-state index in [0.29, 0.717) is 28.5 Å². The third-order valence-electron chi connectivity index (χ3n) is 4.01. The Hall–Kier alpha value is -2.70. The quantitative estimate of drug-likeness (QED) is 0.659. The Labute approximate surface area is 170 Å². The number of nitrogens with one attached hydrogen (secondary N) is 1. The highest BCUT2D eigenvalue weighted by molar-refractivity contribution is 6.33. The summed E-state index contributed by atoms with van der Waals surface area (Å²) in [6.07, 6.45) is 0.564. The Balaban J connectivity index is 1.98. The molecule has 0 spiro atoms. The van der Waals surface area contributed by atoms with Crippen molar-refractivity contribution in [2.45, 2.75) is 19.9 Å².